The minimum Gasteiger partial charge on any atom is -0.398 e. The number of nitrogens with one attached hydrogen (secondary N) is 2. The maximum absolute atomic E-state index is 12.7. The molecule has 3 aromatic rings. The van der Waals surface area contributed by atoms with Crippen molar-refractivity contribution in [3.05, 3.63) is 62.0 Å². The molecule has 106 valence electrons. The Bertz CT molecular complexity index is 904. The molecule has 0 unspecified atom stereocenters. The quantitative estimate of drug-likeness (QED) is 0.492. The SMILES string of the molecule is Cc1cccc(N)c1C(=O)c1cc2[nH]c(=O)[nH]c2cc1Br. The number of nitrogen functional groups attached to an aromatic ring is 1. The number of nitrogens with two attached hydrogens (primary N) is 1. The summed E-state index contributed by atoms with van der Waals surface area (Å²) in [6, 6.07) is 8.70. The zero-order valence-corrected chi connectivity index (χ0v) is 12.7. The number of fused-ring (bicyclic) bond motifs is 1. The molecule has 0 aliphatic carbocycles. The Balaban J connectivity index is 2.22. The van der Waals surface area contributed by atoms with Gasteiger partial charge in [-0.2, -0.15) is 0 Å². The first kappa shape index (κ1) is 13.6. The predicted octanol–water partition coefficient (Wildman–Crippen LogP) is 2.74. The number of benzene rings is 2. The maximum atomic E-state index is 12.7. The molecule has 5 nitrogen and oxygen atoms in total. The number of aromatic amines is 2. The highest BCUT2D eigenvalue weighted by Gasteiger charge is 2.18. The fraction of sp³-hybridized carbons (Fsp3) is 0.0667. The molecule has 4 N–H and O–H groups in total. The summed E-state index contributed by atoms with van der Waals surface area (Å²) < 4.78 is 0.609. The van der Waals surface area contributed by atoms with Gasteiger partial charge in [0.05, 0.1) is 11.0 Å². The highest BCUT2D eigenvalue weighted by Crippen LogP contribution is 2.27. The van der Waals surface area contributed by atoms with E-state index in [0.29, 0.717) is 32.3 Å². The van der Waals surface area contributed by atoms with Gasteiger partial charge in [-0.3, -0.25) is 4.79 Å². The Morgan fingerprint density at radius 3 is 2.52 bits per heavy atom. The number of hydrogen-bond acceptors (Lipinski definition) is 3. The van der Waals surface area contributed by atoms with E-state index >= 15 is 0 Å². The van der Waals surface area contributed by atoms with E-state index < -0.39 is 0 Å². The molecule has 0 saturated heterocycles. The second-order valence-electron chi connectivity index (χ2n) is 4.83. The van der Waals surface area contributed by atoms with Crippen LogP contribution in [0.25, 0.3) is 11.0 Å². The molecule has 3 rings (SSSR count). The van der Waals surface area contributed by atoms with Crippen molar-refractivity contribution < 1.29 is 4.79 Å². The zero-order valence-electron chi connectivity index (χ0n) is 11.2. The molecule has 21 heavy (non-hydrogen) atoms. The summed E-state index contributed by atoms with van der Waals surface area (Å²) in [7, 11) is 0. The molecule has 0 radical (unpaired) electrons. The number of aromatic nitrogens is 2. The Labute approximate surface area is 128 Å². The molecule has 0 saturated carbocycles. The number of rotatable bonds is 2. The number of carbonyl (C=O) groups is 1. The van der Waals surface area contributed by atoms with Gasteiger partial charge in [0.25, 0.3) is 0 Å². The molecule has 0 bridgehead atoms. The highest BCUT2D eigenvalue weighted by atomic mass is 79.9. The average molecular weight is 346 g/mol. The van der Waals surface area contributed by atoms with Crippen LogP contribution in [0.3, 0.4) is 0 Å². The second-order valence-corrected chi connectivity index (χ2v) is 5.68. The topological polar surface area (TPSA) is 91.7 Å². The second kappa shape index (κ2) is 4.89. The Morgan fingerprint density at radius 1 is 1.19 bits per heavy atom. The molecule has 1 heterocycles. The third-order valence-electron chi connectivity index (χ3n) is 3.38. The van der Waals surface area contributed by atoms with E-state index in [-0.39, 0.29) is 11.5 Å². The zero-order chi connectivity index (χ0) is 15.1. The van der Waals surface area contributed by atoms with Crippen molar-refractivity contribution in [2.24, 2.45) is 0 Å². The molecule has 2 aromatic carbocycles. The van der Waals surface area contributed by atoms with Crippen LogP contribution in [0.5, 0.6) is 0 Å². The van der Waals surface area contributed by atoms with Gasteiger partial charge < -0.3 is 15.7 Å². The number of ketones is 1. The van der Waals surface area contributed by atoms with Crippen LogP contribution in [-0.2, 0) is 0 Å². The number of hydrogen-bond donors (Lipinski definition) is 3. The summed E-state index contributed by atoms with van der Waals surface area (Å²) in [6.45, 7) is 1.84. The molecule has 1 aromatic heterocycles. The third kappa shape index (κ3) is 2.27. The predicted molar refractivity (Wildman–Crippen MR) is 85.6 cm³/mol. The maximum Gasteiger partial charge on any atom is 0.323 e. The molecule has 0 atom stereocenters. The summed E-state index contributed by atoms with van der Waals surface area (Å²) in [5.74, 6) is -0.179. The monoisotopic (exact) mass is 345 g/mol. The van der Waals surface area contributed by atoms with E-state index in [4.69, 9.17) is 5.73 Å². The van der Waals surface area contributed by atoms with Crippen LogP contribution in [0.4, 0.5) is 5.69 Å². The molecule has 0 aliphatic heterocycles. The van der Waals surface area contributed by atoms with Crippen molar-refractivity contribution in [2.75, 3.05) is 5.73 Å². The molecule has 6 heteroatoms. The van der Waals surface area contributed by atoms with E-state index in [1.165, 1.54) is 0 Å². The van der Waals surface area contributed by atoms with Gasteiger partial charge in [-0.05, 0) is 46.6 Å². The number of H-pyrrole nitrogens is 2. The average Bonchev–Trinajstić information content (AvgIpc) is 2.76. The van der Waals surface area contributed by atoms with Gasteiger partial charge in [0.15, 0.2) is 5.78 Å². The van der Waals surface area contributed by atoms with E-state index in [1.807, 2.05) is 19.1 Å². The van der Waals surface area contributed by atoms with Gasteiger partial charge in [0.1, 0.15) is 0 Å². The van der Waals surface area contributed by atoms with Gasteiger partial charge in [-0.15, -0.1) is 0 Å². The van der Waals surface area contributed by atoms with Gasteiger partial charge in [0, 0.05) is 21.3 Å². The highest BCUT2D eigenvalue weighted by molar-refractivity contribution is 9.10. The minimum absolute atomic E-state index is 0.179. The van der Waals surface area contributed by atoms with Crippen LogP contribution in [0.1, 0.15) is 21.5 Å². The van der Waals surface area contributed by atoms with Crippen molar-refractivity contribution in [1.82, 2.24) is 9.97 Å². The van der Waals surface area contributed by atoms with Crippen molar-refractivity contribution in [3.63, 3.8) is 0 Å². The van der Waals surface area contributed by atoms with Crippen LogP contribution in [-0.4, -0.2) is 15.8 Å². The smallest absolute Gasteiger partial charge is 0.323 e. The van der Waals surface area contributed by atoms with Crippen LogP contribution >= 0.6 is 15.9 Å². The number of imidazole rings is 1. The largest absolute Gasteiger partial charge is 0.398 e. The molecular formula is C15H12BrN3O2. The first-order chi connectivity index (χ1) is 9.97. The Kier molecular flexibility index (Phi) is 3.17. The van der Waals surface area contributed by atoms with E-state index in [1.54, 1.807) is 18.2 Å². The first-order valence-corrected chi connectivity index (χ1v) is 7.08. The minimum atomic E-state index is -0.308. The summed E-state index contributed by atoms with van der Waals surface area (Å²) in [5, 5.41) is 0. The lowest BCUT2D eigenvalue weighted by Gasteiger charge is -2.09. The molecule has 0 fully saturated rings. The fourth-order valence-electron chi connectivity index (χ4n) is 2.37. The van der Waals surface area contributed by atoms with Gasteiger partial charge in [-0.1, -0.05) is 12.1 Å². The van der Waals surface area contributed by atoms with Crippen LogP contribution in [0.2, 0.25) is 0 Å². The third-order valence-corrected chi connectivity index (χ3v) is 4.04. The van der Waals surface area contributed by atoms with Gasteiger partial charge in [0.2, 0.25) is 0 Å². The van der Waals surface area contributed by atoms with Crippen molar-refractivity contribution in [1.29, 1.82) is 0 Å². The number of anilines is 1. The van der Waals surface area contributed by atoms with Crippen LogP contribution in [0, 0.1) is 6.92 Å². The summed E-state index contributed by atoms with van der Waals surface area (Å²) in [6.07, 6.45) is 0. The lowest BCUT2D eigenvalue weighted by Crippen LogP contribution is -2.08. The standard InChI is InChI=1S/C15H12BrN3O2/c1-7-3-2-4-10(17)13(7)14(20)8-5-11-12(6-9(8)16)19-15(21)18-11/h2-6H,17H2,1H3,(H2,18,19,21). The van der Waals surface area contributed by atoms with Crippen molar-refractivity contribution >= 4 is 38.4 Å². The summed E-state index contributed by atoms with van der Waals surface area (Å²) in [4.78, 5) is 29.4. The number of aryl methyl sites for hydroxylation is 1. The van der Waals surface area contributed by atoms with Gasteiger partial charge in [-0.25, -0.2) is 4.79 Å². The Hall–Kier alpha value is -2.34. The fourth-order valence-corrected chi connectivity index (χ4v) is 2.89. The van der Waals surface area contributed by atoms with E-state index in [2.05, 4.69) is 25.9 Å². The van der Waals surface area contributed by atoms with E-state index in [9.17, 15) is 9.59 Å². The van der Waals surface area contributed by atoms with Crippen molar-refractivity contribution in [2.45, 2.75) is 6.92 Å². The van der Waals surface area contributed by atoms with E-state index in [0.717, 1.165) is 5.56 Å². The van der Waals surface area contributed by atoms with Crippen molar-refractivity contribution in [3.8, 4) is 0 Å². The number of halogens is 1. The first-order valence-electron chi connectivity index (χ1n) is 6.28. The summed E-state index contributed by atoms with van der Waals surface area (Å²) >= 11 is 3.38. The van der Waals surface area contributed by atoms with Gasteiger partial charge >= 0.3 is 5.69 Å². The van der Waals surface area contributed by atoms with Crippen LogP contribution < -0.4 is 11.4 Å². The number of carbonyl (C=O) groups excluding carboxylic acids is 1. The lowest BCUT2D eigenvalue weighted by molar-refractivity contribution is 0.103. The van der Waals surface area contributed by atoms with Crippen LogP contribution in [0.15, 0.2) is 39.6 Å². The molecule has 0 aliphatic rings. The molecule has 0 spiro atoms. The summed E-state index contributed by atoms with van der Waals surface area (Å²) in [5.41, 5.74) is 9.03. The molecule has 0 amide bonds. The molecular weight excluding hydrogens is 334 g/mol. The lowest BCUT2D eigenvalue weighted by atomic mass is 9.97. The Morgan fingerprint density at radius 2 is 1.86 bits per heavy atom. The normalized spacial score (nSPS) is 11.0.